The molecule has 0 aliphatic heterocycles. The van der Waals surface area contributed by atoms with Crippen LogP contribution in [-0.4, -0.2) is 29.3 Å². The first-order valence-corrected chi connectivity index (χ1v) is 8.81. The first kappa shape index (κ1) is 15.6. The lowest BCUT2D eigenvalue weighted by Gasteiger charge is -2.06. The lowest BCUT2D eigenvalue weighted by molar-refractivity contribution is 0.669. The average molecular weight is 352 g/mol. The molecule has 126 valence electrons. The van der Waals surface area contributed by atoms with Crippen molar-refractivity contribution < 1.29 is 0 Å². The van der Waals surface area contributed by atoms with Crippen LogP contribution in [0.4, 0.5) is 0 Å². The molecular formula is C17H16N6OS. The standard InChI is InChI=1S/C17H16N6OS/c1-11(2)16-20-14(23(21-16)13-5-3-4-7-18-13)9-22-10-19-12-6-8-25-15(12)17(22)24/h3-8,10-11H,9H2,1-2H3. The molecule has 0 N–H and O–H groups in total. The van der Waals surface area contributed by atoms with Crippen LogP contribution in [0.3, 0.4) is 0 Å². The number of aromatic nitrogens is 6. The Morgan fingerprint density at radius 1 is 1.20 bits per heavy atom. The Hall–Kier alpha value is -2.87. The molecule has 0 radical (unpaired) electrons. The lowest BCUT2D eigenvalue weighted by atomic mass is 10.2. The van der Waals surface area contributed by atoms with Gasteiger partial charge in [-0.3, -0.25) is 9.36 Å². The van der Waals surface area contributed by atoms with E-state index in [0.29, 0.717) is 16.3 Å². The highest BCUT2D eigenvalue weighted by atomic mass is 32.1. The molecule has 0 amide bonds. The Labute approximate surface area is 147 Å². The second-order valence-corrected chi connectivity index (χ2v) is 6.87. The van der Waals surface area contributed by atoms with Gasteiger partial charge < -0.3 is 0 Å². The number of hydrogen-bond acceptors (Lipinski definition) is 6. The van der Waals surface area contributed by atoms with Crippen molar-refractivity contribution in [2.24, 2.45) is 0 Å². The van der Waals surface area contributed by atoms with E-state index in [0.717, 1.165) is 11.3 Å². The summed E-state index contributed by atoms with van der Waals surface area (Å²) in [6.07, 6.45) is 3.27. The van der Waals surface area contributed by atoms with Crippen molar-refractivity contribution in [3.8, 4) is 5.82 Å². The van der Waals surface area contributed by atoms with Crippen LogP contribution in [0.15, 0.2) is 47.0 Å². The molecule has 0 aromatic carbocycles. The van der Waals surface area contributed by atoms with Crippen LogP contribution in [0, 0.1) is 0 Å². The maximum atomic E-state index is 12.6. The highest BCUT2D eigenvalue weighted by molar-refractivity contribution is 7.17. The van der Waals surface area contributed by atoms with Gasteiger partial charge in [-0.25, -0.2) is 15.0 Å². The predicted octanol–water partition coefficient (Wildman–Crippen LogP) is 2.61. The third kappa shape index (κ3) is 2.85. The molecule has 0 saturated carbocycles. The smallest absolute Gasteiger partial charge is 0.271 e. The fourth-order valence-electron chi connectivity index (χ4n) is 2.52. The molecule has 0 aliphatic rings. The normalized spacial score (nSPS) is 11.5. The maximum Gasteiger partial charge on any atom is 0.271 e. The fourth-order valence-corrected chi connectivity index (χ4v) is 3.31. The predicted molar refractivity (Wildman–Crippen MR) is 96.2 cm³/mol. The molecule has 0 bridgehead atoms. The maximum absolute atomic E-state index is 12.6. The first-order chi connectivity index (χ1) is 12.1. The summed E-state index contributed by atoms with van der Waals surface area (Å²) in [6, 6.07) is 7.46. The van der Waals surface area contributed by atoms with E-state index >= 15 is 0 Å². The van der Waals surface area contributed by atoms with E-state index < -0.39 is 0 Å². The van der Waals surface area contributed by atoms with E-state index in [1.807, 2.05) is 43.5 Å². The minimum absolute atomic E-state index is 0.0679. The zero-order valence-corrected chi connectivity index (χ0v) is 14.6. The third-order valence-corrected chi connectivity index (χ3v) is 4.71. The molecule has 0 aliphatic carbocycles. The third-order valence-electron chi connectivity index (χ3n) is 3.82. The minimum Gasteiger partial charge on any atom is -0.290 e. The zero-order valence-electron chi connectivity index (χ0n) is 13.8. The molecule has 8 heteroatoms. The summed E-state index contributed by atoms with van der Waals surface area (Å²) in [5, 5.41) is 6.44. The molecule has 0 atom stereocenters. The first-order valence-electron chi connectivity index (χ1n) is 7.93. The molecule has 7 nitrogen and oxygen atoms in total. The van der Waals surface area contributed by atoms with Gasteiger partial charge in [0.05, 0.1) is 18.4 Å². The van der Waals surface area contributed by atoms with E-state index in [2.05, 4.69) is 20.1 Å². The second kappa shape index (κ2) is 6.21. The highest BCUT2D eigenvalue weighted by Crippen LogP contribution is 2.16. The summed E-state index contributed by atoms with van der Waals surface area (Å²) in [5.41, 5.74) is 0.655. The van der Waals surface area contributed by atoms with E-state index in [9.17, 15) is 4.79 Å². The average Bonchev–Trinajstić information content (AvgIpc) is 3.25. The van der Waals surface area contributed by atoms with Crippen LogP contribution in [0.25, 0.3) is 16.0 Å². The van der Waals surface area contributed by atoms with Gasteiger partial charge in [0.1, 0.15) is 4.70 Å². The lowest BCUT2D eigenvalue weighted by Crippen LogP contribution is -2.22. The van der Waals surface area contributed by atoms with Crippen molar-refractivity contribution in [2.45, 2.75) is 26.3 Å². The van der Waals surface area contributed by atoms with Crippen LogP contribution < -0.4 is 5.56 Å². The summed E-state index contributed by atoms with van der Waals surface area (Å²) in [5.74, 6) is 2.23. The van der Waals surface area contributed by atoms with Gasteiger partial charge >= 0.3 is 0 Å². The SMILES string of the molecule is CC(C)c1nc(Cn2cnc3ccsc3c2=O)n(-c2ccccn2)n1. The van der Waals surface area contributed by atoms with Crippen LogP contribution in [0.5, 0.6) is 0 Å². The molecule has 4 heterocycles. The minimum atomic E-state index is -0.0679. The molecule has 25 heavy (non-hydrogen) atoms. The fraction of sp³-hybridized carbons (Fsp3) is 0.235. The van der Waals surface area contributed by atoms with Crippen molar-refractivity contribution in [3.05, 3.63) is 64.2 Å². The Morgan fingerprint density at radius 3 is 2.84 bits per heavy atom. The van der Waals surface area contributed by atoms with Gasteiger partial charge in [-0.05, 0) is 23.6 Å². The van der Waals surface area contributed by atoms with Gasteiger partial charge in [0.15, 0.2) is 17.5 Å². The number of pyridine rings is 1. The largest absolute Gasteiger partial charge is 0.290 e. The Morgan fingerprint density at radius 2 is 2.08 bits per heavy atom. The topological polar surface area (TPSA) is 78.5 Å². The summed E-state index contributed by atoms with van der Waals surface area (Å²) in [7, 11) is 0. The molecule has 4 rings (SSSR count). The molecule has 0 unspecified atom stereocenters. The monoisotopic (exact) mass is 352 g/mol. The number of hydrogen-bond donors (Lipinski definition) is 0. The number of nitrogens with zero attached hydrogens (tertiary/aromatic N) is 6. The Bertz CT molecular complexity index is 1080. The quantitative estimate of drug-likeness (QED) is 0.564. The Balaban J connectivity index is 1.81. The van der Waals surface area contributed by atoms with Crippen molar-refractivity contribution in [1.29, 1.82) is 0 Å². The van der Waals surface area contributed by atoms with Gasteiger partial charge in [0, 0.05) is 12.1 Å². The van der Waals surface area contributed by atoms with Gasteiger partial charge in [-0.2, -0.15) is 4.68 Å². The summed E-state index contributed by atoms with van der Waals surface area (Å²) in [4.78, 5) is 26.0. The zero-order chi connectivity index (χ0) is 17.4. The molecule has 0 saturated heterocycles. The molecule has 4 aromatic rings. The van der Waals surface area contributed by atoms with E-state index in [1.165, 1.54) is 11.3 Å². The van der Waals surface area contributed by atoms with Crippen molar-refractivity contribution in [3.63, 3.8) is 0 Å². The number of thiophene rings is 1. The highest BCUT2D eigenvalue weighted by Gasteiger charge is 2.16. The summed E-state index contributed by atoms with van der Waals surface area (Å²) >= 11 is 1.40. The van der Waals surface area contributed by atoms with Crippen molar-refractivity contribution in [1.82, 2.24) is 29.3 Å². The van der Waals surface area contributed by atoms with Crippen LogP contribution >= 0.6 is 11.3 Å². The molecule has 0 spiro atoms. The van der Waals surface area contributed by atoms with Gasteiger partial charge in [-0.15, -0.1) is 16.4 Å². The molecule has 4 aromatic heterocycles. The van der Waals surface area contributed by atoms with Crippen LogP contribution in [0.2, 0.25) is 0 Å². The molecule has 0 fully saturated rings. The Kier molecular flexibility index (Phi) is 3.89. The van der Waals surface area contributed by atoms with Gasteiger partial charge in [-0.1, -0.05) is 19.9 Å². The van der Waals surface area contributed by atoms with Crippen molar-refractivity contribution >= 4 is 21.6 Å². The van der Waals surface area contributed by atoms with Crippen molar-refractivity contribution in [2.75, 3.05) is 0 Å². The summed E-state index contributed by atoms with van der Waals surface area (Å²) in [6.45, 7) is 4.36. The number of fused-ring (bicyclic) bond motifs is 1. The summed E-state index contributed by atoms with van der Waals surface area (Å²) < 4.78 is 3.91. The van der Waals surface area contributed by atoms with Gasteiger partial charge in [0.2, 0.25) is 0 Å². The second-order valence-electron chi connectivity index (χ2n) is 5.95. The molecular weight excluding hydrogens is 336 g/mol. The van der Waals surface area contributed by atoms with Gasteiger partial charge in [0.25, 0.3) is 5.56 Å². The van der Waals surface area contributed by atoms with E-state index in [-0.39, 0.29) is 18.0 Å². The van der Waals surface area contributed by atoms with E-state index in [1.54, 1.807) is 21.8 Å². The number of rotatable bonds is 4. The van der Waals surface area contributed by atoms with Crippen LogP contribution in [0.1, 0.15) is 31.4 Å². The van der Waals surface area contributed by atoms with Crippen LogP contribution in [-0.2, 0) is 6.54 Å². The van der Waals surface area contributed by atoms with E-state index in [4.69, 9.17) is 0 Å².